The average Bonchev–Trinajstić information content (AvgIpc) is 2.91. The monoisotopic (exact) mass is 537 g/mol. The number of nitrogens with one attached hydrogen (secondary N) is 1. The zero-order valence-electron chi connectivity index (χ0n) is 20.6. The standard InChI is InChI=1S/C28H28ClN3O4S/c1-3-16-36-24-14-10-21(11-15-24)30-27(34)25-17-26(33)32(18-19-4-6-20(29)7-5-19)28(37-25)31-22-8-12-23(35-2)13-9-22/h4-15,25H,3,16-18H2,1-2H3,(H,30,34). The molecule has 1 saturated heterocycles. The molecule has 7 nitrogen and oxygen atoms in total. The summed E-state index contributed by atoms with van der Waals surface area (Å²) in [6, 6.07) is 21.7. The largest absolute Gasteiger partial charge is 0.497 e. The number of rotatable bonds is 9. The van der Waals surface area contributed by atoms with Crippen LogP contribution in [0.3, 0.4) is 0 Å². The third-order valence-electron chi connectivity index (χ3n) is 5.58. The fourth-order valence-corrected chi connectivity index (χ4v) is 4.84. The Bertz CT molecular complexity index is 1250. The first-order valence-electron chi connectivity index (χ1n) is 11.9. The average molecular weight is 538 g/mol. The minimum atomic E-state index is -0.623. The van der Waals surface area contributed by atoms with Crippen LogP contribution >= 0.6 is 23.4 Å². The Kier molecular flexibility index (Phi) is 9.09. The van der Waals surface area contributed by atoms with E-state index in [1.54, 1.807) is 48.4 Å². The highest BCUT2D eigenvalue weighted by Crippen LogP contribution is 2.32. The Morgan fingerprint density at radius 3 is 2.38 bits per heavy atom. The molecule has 1 heterocycles. The van der Waals surface area contributed by atoms with Crippen LogP contribution in [0.2, 0.25) is 5.02 Å². The van der Waals surface area contributed by atoms with Crippen LogP contribution in [0.4, 0.5) is 11.4 Å². The maximum absolute atomic E-state index is 13.3. The SMILES string of the molecule is CCCOc1ccc(NC(=O)C2CC(=O)N(Cc3ccc(Cl)cc3)C(=Nc3ccc(OC)cc3)S2)cc1. The van der Waals surface area contributed by atoms with Gasteiger partial charge in [-0.05, 0) is 72.6 Å². The van der Waals surface area contributed by atoms with Gasteiger partial charge in [-0.1, -0.05) is 42.4 Å². The molecule has 4 rings (SSSR count). The van der Waals surface area contributed by atoms with Crippen LogP contribution in [0.25, 0.3) is 0 Å². The quantitative estimate of drug-likeness (QED) is 0.346. The van der Waals surface area contributed by atoms with Crippen LogP contribution in [-0.2, 0) is 16.1 Å². The van der Waals surface area contributed by atoms with Crippen molar-refractivity contribution in [2.24, 2.45) is 4.99 Å². The number of thioether (sulfide) groups is 1. The van der Waals surface area contributed by atoms with Gasteiger partial charge in [0.15, 0.2) is 5.17 Å². The van der Waals surface area contributed by atoms with Gasteiger partial charge in [0.1, 0.15) is 16.7 Å². The molecule has 1 atom stereocenters. The van der Waals surface area contributed by atoms with Crippen LogP contribution in [0.15, 0.2) is 77.8 Å². The van der Waals surface area contributed by atoms with Gasteiger partial charge >= 0.3 is 0 Å². The Labute approximate surface area is 225 Å². The number of hydrogen-bond donors (Lipinski definition) is 1. The van der Waals surface area contributed by atoms with Crippen LogP contribution in [0.5, 0.6) is 11.5 Å². The topological polar surface area (TPSA) is 80.2 Å². The predicted octanol–water partition coefficient (Wildman–Crippen LogP) is 6.30. The number of carbonyl (C=O) groups excluding carboxylic acids is 2. The summed E-state index contributed by atoms with van der Waals surface area (Å²) >= 11 is 7.30. The van der Waals surface area contributed by atoms with E-state index in [1.807, 2.05) is 43.3 Å². The smallest absolute Gasteiger partial charge is 0.238 e. The summed E-state index contributed by atoms with van der Waals surface area (Å²) in [5.41, 5.74) is 2.20. The molecule has 1 aliphatic heterocycles. The Hall–Kier alpha value is -3.49. The molecule has 0 aliphatic carbocycles. The molecule has 2 amide bonds. The van der Waals surface area contributed by atoms with E-state index in [0.29, 0.717) is 40.5 Å². The molecule has 3 aromatic rings. The number of methoxy groups -OCH3 is 1. The predicted molar refractivity (Wildman–Crippen MR) is 149 cm³/mol. The van der Waals surface area contributed by atoms with Crippen molar-refractivity contribution in [2.45, 2.75) is 31.6 Å². The maximum Gasteiger partial charge on any atom is 0.238 e. The first kappa shape index (κ1) is 26.6. The van der Waals surface area contributed by atoms with E-state index in [4.69, 9.17) is 26.1 Å². The first-order chi connectivity index (χ1) is 17.9. The third kappa shape index (κ3) is 7.27. The second-order valence-corrected chi connectivity index (χ2v) is 9.98. The molecule has 37 heavy (non-hydrogen) atoms. The van der Waals surface area contributed by atoms with Crippen molar-refractivity contribution in [3.8, 4) is 11.5 Å². The fourth-order valence-electron chi connectivity index (χ4n) is 3.61. The van der Waals surface area contributed by atoms with E-state index in [9.17, 15) is 9.59 Å². The lowest BCUT2D eigenvalue weighted by molar-refractivity contribution is -0.129. The summed E-state index contributed by atoms with van der Waals surface area (Å²) in [4.78, 5) is 32.7. The van der Waals surface area contributed by atoms with E-state index in [1.165, 1.54) is 11.8 Å². The summed E-state index contributed by atoms with van der Waals surface area (Å²) < 4.78 is 10.8. The van der Waals surface area contributed by atoms with E-state index < -0.39 is 5.25 Å². The normalized spacial score (nSPS) is 16.5. The minimum Gasteiger partial charge on any atom is -0.497 e. The van der Waals surface area contributed by atoms with Gasteiger partial charge < -0.3 is 14.8 Å². The molecule has 1 aliphatic rings. The Morgan fingerprint density at radius 1 is 1.05 bits per heavy atom. The molecule has 1 N–H and O–H groups in total. The first-order valence-corrected chi connectivity index (χ1v) is 13.2. The number of amides is 2. The van der Waals surface area contributed by atoms with E-state index >= 15 is 0 Å². The highest BCUT2D eigenvalue weighted by atomic mass is 35.5. The number of carbonyl (C=O) groups is 2. The molecule has 0 bridgehead atoms. The van der Waals surface area contributed by atoms with E-state index in [2.05, 4.69) is 5.32 Å². The maximum atomic E-state index is 13.3. The fraction of sp³-hybridized carbons (Fsp3) is 0.250. The molecule has 192 valence electrons. The summed E-state index contributed by atoms with van der Waals surface area (Å²) in [6.07, 6.45) is 0.976. The van der Waals surface area contributed by atoms with Gasteiger partial charge in [-0.2, -0.15) is 0 Å². The molecule has 1 fully saturated rings. The highest BCUT2D eigenvalue weighted by molar-refractivity contribution is 8.15. The molecular weight excluding hydrogens is 510 g/mol. The van der Waals surface area contributed by atoms with Gasteiger partial charge in [0.25, 0.3) is 0 Å². The molecular formula is C28H28ClN3O4S. The van der Waals surface area contributed by atoms with Gasteiger partial charge in [-0.25, -0.2) is 4.99 Å². The molecule has 0 spiro atoms. The highest BCUT2D eigenvalue weighted by Gasteiger charge is 2.36. The van der Waals surface area contributed by atoms with Crippen molar-refractivity contribution in [1.29, 1.82) is 0 Å². The number of halogens is 1. The van der Waals surface area contributed by atoms with Crippen molar-refractivity contribution in [1.82, 2.24) is 4.90 Å². The summed E-state index contributed by atoms with van der Waals surface area (Å²) in [6.45, 7) is 3.00. The van der Waals surface area contributed by atoms with Gasteiger partial charge in [0, 0.05) is 17.1 Å². The van der Waals surface area contributed by atoms with Gasteiger partial charge in [0.2, 0.25) is 11.8 Å². The lowest BCUT2D eigenvalue weighted by atomic mass is 10.2. The molecule has 9 heteroatoms. The number of anilines is 1. The number of hydrogen-bond acceptors (Lipinski definition) is 6. The number of benzene rings is 3. The number of amidine groups is 1. The zero-order chi connectivity index (χ0) is 26.2. The number of aliphatic imine (C=N–C) groups is 1. The molecule has 0 radical (unpaired) electrons. The van der Waals surface area contributed by atoms with Crippen LogP contribution < -0.4 is 14.8 Å². The van der Waals surface area contributed by atoms with E-state index in [-0.39, 0.29) is 18.2 Å². The zero-order valence-corrected chi connectivity index (χ0v) is 22.2. The minimum absolute atomic E-state index is 0.0589. The molecule has 3 aromatic carbocycles. The van der Waals surface area contributed by atoms with Gasteiger partial charge in [-0.15, -0.1) is 0 Å². The Morgan fingerprint density at radius 2 is 1.73 bits per heavy atom. The van der Waals surface area contributed by atoms with Crippen LogP contribution in [-0.4, -0.2) is 40.8 Å². The van der Waals surface area contributed by atoms with E-state index in [0.717, 1.165) is 17.7 Å². The van der Waals surface area contributed by atoms with Crippen molar-refractivity contribution in [3.05, 3.63) is 83.4 Å². The van der Waals surface area contributed by atoms with Crippen LogP contribution in [0.1, 0.15) is 25.3 Å². The lowest BCUT2D eigenvalue weighted by Crippen LogP contribution is -2.44. The second-order valence-electron chi connectivity index (χ2n) is 8.37. The lowest BCUT2D eigenvalue weighted by Gasteiger charge is -2.32. The summed E-state index contributed by atoms with van der Waals surface area (Å²) in [5.74, 6) is 1.02. The van der Waals surface area contributed by atoms with Gasteiger partial charge in [-0.3, -0.25) is 14.5 Å². The van der Waals surface area contributed by atoms with Crippen LogP contribution in [0, 0.1) is 0 Å². The summed E-state index contributed by atoms with van der Waals surface area (Å²) in [5, 5.41) is 3.37. The van der Waals surface area contributed by atoms with Crippen molar-refractivity contribution < 1.29 is 19.1 Å². The number of ether oxygens (including phenoxy) is 2. The van der Waals surface area contributed by atoms with Gasteiger partial charge in [0.05, 0.1) is 25.9 Å². The van der Waals surface area contributed by atoms with Crippen molar-refractivity contribution >= 4 is 51.7 Å². The second kappa shape index (κ2) is 12.7. The molecule has 1 unspecified atom stereocenters. The summed E-state index contributed by atoms with van der Waals surface area (Å²) in [7, 11) is 1.60. The molecule has 0 saturated carbocycles. The Balaban J connectivity index is 1.53. The van der Waals surface area contributed by atoms with Crippen molar-refractivity contribution in [3.63, 3.8) is 0 Å². The molecule has 0 aromatic heterocycles. The third-order valence-corrected chi connectivity index (χ3v) is 7.02. The van der Waals surface area contributed by atoms with Crippen molar-refractivity contribution in [2.75, 3.05) is 19.0 Å². The number of nitrogens with zero attached hydrogens (tertiary/aromatic N) is 2.